The van der Waals surface area contributed by atoms with Gasteiger partial charge in [0.1, 0.15) is 5.82 Å². The third kappa shape index (κ3) is 4.09. The summed E-state index contributed by atoms with van der Waals surface area (Å²) in [6.07, 6.45) is -3.39. The van der Waals surface area contributed by atoms with Crippen molar-refractivity contribution < 1.29 is 27.1 Å². The Morgan fingerprint density at radius 3 is 2.71 bits per heavy atom. The zero-order valence-corrected chi connectivity index (χ0v) is 14.8. The van der Waals surface area contributed by atoms with E-state index < -0.39 is 23.5 Å². The maximum Gasteiger partial charge on any atom is 0.418 e. The van der Waals surface area contributed by atoms with Gasteiger partial charge in [0, 0.05) is 36.8 Å². The molecule has 9 heteroatoms. The molecule has 0 spiro atoms. The van der Waals surface area contributed by atoms with Crippen LogP contribution in [0.3, 0.4) is 0 Å². The molecule has 1 aliphatic heterocycles. The molecular formula is C19H17F4N3O2. The molecule has 1 aliphatic rings. The Labute approximate surface area is 158 Å². The minimum absolute atomic E-state index is 0.00366. The maximum absolute atomic E-state index is 14.0. The monoisotopic (exact) mass is 395 g/mol. The number of carbonyl (C=O) groups excluding carboxylic acids is 1. The Morgan fingerprint density at radius 2 is 2.00 bits per heavy atom. The Kier molecular flexibility index (Phi) is 5.55. The minimum Gasteiger partial charge on any atom is -0.383 e. The fourth-order valence-corrected chi connectivity index (χ4v) is 2.81. The van der Waals surface area contributed by atoms with Crippen LogP contribution in [0.1, 0.15) is 11.1 Å². The highest BCUT2D eigenvalue weighted by molar-refractivity contribution is 6.31. The highest BCUT2D eigenvalue weighted by Crippen LogP contribution is 2.37. The van der Waals surface area contributed by atoms with Gasteiger partial charge in [-0.3, -0.25) is 4.79 Å². The number of ether oxygens (including phenoxy) is 1. The first-order chi connectivity index (χ1) is 13.3. The summed E-state index contributed by atoms with van der Waals surface area (Å²) in [6.45, 7) is 0.468. The van der Waals surface area contributed by atoms with Gasteiger partial charge >= 0.3 is 6.18 Å². The number of carbonyl (C=O) groups is 1. The van der Waals surface area contributed by atoms with Crippen molar-refractivity contribution in [1.29, 1.82) is 0 Å². The summed E-state index contributed by atoms with van der Waals surface area (Å²) in [5.41, 5.74) is -0.452. The highest BCUT2D eigenvalue weighted by Gasteiger charge is 2.34. The average Bonchev–Trinajstić information content (AvgIpc) is 2.96. The Morgan fingerprint density at radius 1 is 1.21 bits per heavy atom. The summed E-state index contributed by atoms with van der Waals surface area (Å²) in [4.78, 5) is 12.0. The Hall–Kier alpha value is -3.07. The molecule has 0 radical (unpaired) electrons. The number of anilines is 3. The zero-order valence-electron chi connectivity index (χ0n) is 14.8. The molecule has 0 saturated carbocycles. The van der Waals surface area contributed by atoms with Crippen molar-refractivity contribution in [2.24, 2.45) is 0 Å². The Bertz CT molecular complexity index is 926. The van der Waals surface area contributed by atoms with Crippen LogP contribution >= 0.6 is 0 Å². The molecule has 0 aromatic heterocycles. The van der Waals surface area contributed by atoms with Gasteiger partial charge in [-0.05, 0) is 30.3 Å². The van der Waals surface area contributed by atoms with Crippen molar-refractivity contribution in [1.82, 2.24) is 0 Å². The molecule has 3 N–H and O–H groups in total. The molecule has 3 rings (SSSR count). The summed E-state index contributed by atoms with van der Waals surface area (Å²) in [5.74, 6) is -1.14. The van der Waals surface area contributed by atoms with Crippen molar-refractivity contribution in [2.75, 3.05) is 36.2 Å². The molecule has 28 heavy (non-hydrogen) atoms. The van der Waals surface area contributed by atoms with Crippen LogP contribution in [0.5, 0.6) is 0 Å². The summed E-state index contributed by atoms with van der Waals surface area (Å²) in [5, 5.41) is 7.83. The van der Waals surface area contributed by atoms with Gasteiger partial charge in [0.2, 0.25) is 0 Å². The summed E-state index contributed by atoms with van der Waals surface area (Å²) in [6, 6.07) is 7.82. The molecule has 2 aromatic rings. The zero-order chi connectivity index (χ0) is 20.3. The van der Waals surface area contributed by atoms with Gasteiger partial charge in [-0.25, -0.2) is 4.39 Å². The van der Waals surface area contributed by atoms with Crippen molar-refractivity contribution in [2.45, 2.75) is 6.18 Å². The Balaban J connectivity index is 1.87. The lowest BCUT2D eigenvalue weighted by atomic mass is 10.1. The average molecular weight is 395 g/mol. The first-order valence-corrected chi connectivity index (χ1v) is 8.32. The lowest BCUT2D eigenvalue weighted by Crippen LogP contribution is -2.14. The number of rotatable bonds is 6. The molecule has 0 aliphatic carbocycles. The van der Waals surface area contributed by atoms with Crippen LogP contribution in [0.4, 0.5) is 34.6 Å². The molecule has 0 atom stereocenters. The number of benzene rings is 2. The van der Waals surface area contributed by atoms with E-state index in [4.69, 9.17) is 4.74 Å². The van der Waals surface area contributed by atoms with Crippen LogP contribution in [0.2, 0.25) is 0 Å². The van der Waals surface area contributed by atoms with Gasteiger partial charge in [0.15, 0.2) is 0 Å². The molecule has 0 fully saturated rings. The smallest absolute Gasteiger partial charge is 0.383 e. The summed E-state index contributed by atoms with van der Waals surface area (Å²) in [7, 11) is 1.45. The number of methoxy groups -OCH3 is 1. The number of amides is 1. The lowest BCUT2D eigenvalue weighted by Gasteiger charge is -2.16. The SMILES string of the molecule is COCCNc1ccc(N/C=C2/C(=O)Nc3cccc(F)c32)cc1C(F)(F)F. The van der Waals surface area contributed by atoms with Crippen LogP contribution in [-0.4, -0.2) is 26.2 Å². The minimum atomic E-state index is -4.58. The number of hydrogen-bond donors (Lipinski definition) is 3. The van der Waals surface area contributed by atoms with Gasteiger partial charge in [-0.15, -0.1) is 0 Å². The number of hydrogen-bond acceptors (Lipinski definition) is 4. The van der Waals surface area contributed by atoms with Crippen molar-refractivity contribution in [3.8, 4) is 0 Å². The van der Waals surface area contributed by atoms with Crippen LogP contribution in [-0.2, 0) is 15.7 Å². The first kappa shape index (κ1) is 19.7. The molecule has 0 bridgehead atoms. The molecule has 148 valence electrons. The molecule has 1 amide bonds. The standard InChI is InChI=1S/C19H17F4N3O2/c1-28-8-7-24-15-6-5-11(9-13(15)19(21,22)23)25-10-12-17-14(20)3-2-4-16(17)26-18(12)27/h2-6,9-10,24-25H,7-8H2,1H3,(H,26,27)/b12-10+. The molecule has 0 saturated heterocycles. The van der Waals surface area contributed by atoms with Crippen LogP contribution < -0.4 is 16.0 Å². The molecule has 0 unspecified atom stereocenters. The third-order valence-electron chi connectivity index (χ3n) is 4.11. The van der Waals surface area contributed by atoms with E-state index in [2.05, 4.69) is 16.0 Å². The number of alkyl halides is 3. The molecular weight excluding hydrogens is 378 g/mol. The molecule has 1 heterocycles. The highest BCUT2D eigenvalue weighted by atomic mass is 19.4. The quantitative estimate of drug-likeness (QED) is 0.388. The normalized spacial score (nSPS) is 14.8. The fourth-order valence-electron chi connectivity index (χ4n) is 2.81. The van der Waals surface area contributed by atoms with Gasteiger partial charge in [-0.2, -0.15) is 13.2 Å². The van der Waals surface area contributed by atoms with E-state index in [9.17, 15) is 22.4 Å². The largest absolute Gasteiger partial charge is 0.418 e. The predicted molar refractivity (Wildman–Crippen MR) is 98.4 cm³/mol. The maximum atomic E-state index is 14.0. The van der Waals surface area contributed by atoms with Gasteiger partial charge in [-0.1, -0.05) is 6.07 Å². The predicted octanol–water partition coefficient (Wildman–Crippen LogP) is 4.31. The van der Waals surface area contributed by atoms with Gasteiger partial charge in [0.25, 0.3) is 5.91 Å². The fraction of sp³-hybridized carbons (Fsp3) is 0.211. The topological polar surface area (TPSA) is 62.4 Å². The van der Waals surface area contributed by atoms with Gasteiger partial charge < -0.3 is 20.7 Å². The van der Waals surface area contributed by atoms with E-state index in [0.717, 1.165) is 6.07 Å². The van der Waals surface area contributed by atoms with E-state index in [1.165, 1.54) is 37.6 Å². The number of halogens is 4. The van der Waals surface area contributed by atoms with Crippen molar-refractivity contribution in [3.05, 3.63) is 59.5 Å². The third-order valence-corrected chi connectivity index (χ3v) is 4.11. The van der Waals surface area contributed by atoms with Crippen LogP contribution in [0.25, 0.3) is 5.57 Å². The summed E-state index contributed by atoms with van der Waals surface area (Å²) >= 11 is 0. The molecule has 5 nitrogen and oxygen atoms in total. The molecule has 2 aromatic carbocycles. The summed E-state index contributed by atoms with van der Waals surface area (Å²) < 4.78 is 58.9. The van der Waals surface area contributed by atoms with E-state index in [1.54, 1.807) is 6.07 Å². The van der Waals surface area contributed by atoms with Crippen molar-refractivity contribution >= 4 is 28.5 Å². The van der Waals surface area contributed by atoms with E-state index in [-0.39, 0.29) is 35.7 Å². The second-order valence-corrected chi connectivity index (χ2v) is 6.00. The first-order valence-electron chi connectivity index (χ1n) is 8.32. The van der Waals surface area contributed by atoms with Crippen LogP contribution in [0, 0.1) is 5.82 Å². The second-order valence-electron chi connectivity index (χ2n) is 6.00. The number of nitrogens with one attached hydrogen (secondary N) is 3. The van der Waals surface area contributed by atoms with Crippen molar-refractivity contribution in [3.63, 3.8) is 0 Å². The van der Waals surface area contributed by atoms with Crippen LogP contribution in [0.15, 0.2) is 42.6 Å². The van der Waals surface area contributed by atoms with Gasteiger partial charge in [0.05, 0.1) is 23.4 Å². The second kappa shape index (κ2) is 7.89. The van der Waals surface area contributed by atoms with E-state index in [1.807, 2.05) is 0 Å². The van der Waals surface area contributed by atoms with E-state index >= 15 is 0 Å². The van der Waals surface area contributed by atoms with E-state index in [0.29, 0.717) is 5.69 Å². The number of fused-ring (bicyclic) bond motifs is 1. The lowest BCUT2D eigenvalue weighted by molar-refractivity contribution is -0.136.